The van der Waals surface area contributed by atoms with Gasteiger partial charge in [0, 0.05) is 13.1 Å². The van der Waals surface area contributed by atoms with E-state index in [1.54, 1.807) is 6.07 Å². The Hall–Kier alpha value is -1.09. The zero-order valence-corrected chi connectivity index (χ0v) is 6.17. The lowest BCUT2D eigenvalue weighted by molar-refractivity contribution is 0.471. The maximum Gasteiger partial charge on any atom is 0.127 e. The zero-order chi connectivity index (χ0) is 7.52. The van der Waals surface area contributed by atoms with Gasteiger partial charge in [0.25, 0.3) is 0 Å². The van der Waals surface area contributed by atoms with E-state index < -0.39 is 0 Å². The number of nitrogens with zero attached hydrogens (tertiary/aromatic N) is 1. The Bertz CT molecular complexity index is 218. The van der Waals surface area contributed by atoms with Gasteiger partial charge in [-0.3, -0.25) is 0 Å². The van der Waals surface area contributed by atoms with Crippen molar-refractivity contribution in [1.29, 1.82) is 0 Å². The fourth-order valence-electron chi connectivity index (χ4n) is 1.01. The van der Waals surface area contributed by atoms with Crippen LogP contribution < -0.4 is 10.6 Å². The second kappa shape index (κ2) is 2.88. The number of nitrogens with one attached hydrogen (secondary N) is 2. The third kappa shape index (κ3) is 1.49. The van der Waals surface area contributed by atoms with E-state index in [0.29, 0.717) is 6.04 Å². The Morgan fingerprint density at radius 3 is 3.09 bits per heavy atom. The van der Waals surface area contributed by atoms with Crippen LogP contribution in [-0.4, -0.2) is 24.1 Å². The van der Waals surface area contributed by atoms with Crippen molar-refractivity contribution in [3.05, 3.63) is 24.4 Å². The van der Waals surface area contributed by atoms with E-state index in [1.165, 1.54) is 0 Å². The van der Waals surface area contributed by atoms with E-state index in [2.05, 4.69) is 21.8 Å². The predicted octanol–water partition coefficient (Wildman–Crippen LogP) is 0.265. The first-order chi connectivity index (χ1) is 5.45. The van der Waals surface area contributed by atoms with Crippen LogP contribution in [0.15, 0.2) is 18.2 Å². The molecule has 57 valence electrons. The number of aromatic nitrogens is 1. The minimum absolute atomic E-state index is 0.554. The van der Waals surface area contributed by atoms with Crippen LogP contribution in [0.5, 0.6) is 0 Å². The molecule has 0 unspecified atom stereocenters. The summed E-state index contributed by atoms with van der Waals surface area (Å²) in [6.07, 6.45) is 2.78. The average molecular weight is 148 g/mol. The SMILES string of the molecule is [c]1cccc(NC2CNC2)n1. The van der Waals surface area contributed by atoms with Crippen LogP contribution in [0.25, 0.3) is 0 Å². The molecule has 3 heteroatoms. The largest absolute Gasteiger partial charge is 0.365 e. The Morgan fingerprint density at radius 1 is 1.64 bits per heavy atom. The number of anilines is 1. The molecule has 1 aromatic rings. The molecule has 1 aromatic heterocycles. The van der Waals surface area contributed by atoms with Crippen molar-refractivity contribution in [2.45, 2.75) is 6.04 Å². The normalized spacial score (nSPS) is 17.5. The van der Waals surface area contributed by atoms with E-state index in [-0.39, 0.29) is 0 Å². The molecule has 0 spiro atoms. The first kappa shape index (κ1) is 6.61. The Balaban J connectivity index is 1.95. The van der Waals surface area contributed by atoms with Gasteiger partial charge in [-0.05, 0) is 12.1 Å². The molecular formula is C8H10N3. The average Bonchev–Trinajstić information content (AvgIpc) is 1.99. The smallest absolute Gasteiger partial charge is 0.127 e. The quantitative estimate of drug-likeness (QED) is 0.632. The van der Waals surface area contributed by atoms with Crippen molar-refractivity contribution in [1.82, 2.24) is 10.3 Å². The van der Waals surface area contributed by atoms with Crippen molar-refractivity contribution in [2.75, 3.05) is 18.4 Å². The summed E-state index contributed by atoms with van der Waals surface area (Å²) in [6.45, 7) is 2.08. The molecule has 2 N–H and O–H groups in total. The second-order valence-corrected chi connectivity index (χ2v) is 2.65. The Morgan fingerprint density at radius 2 is 2.55 bits per heavy atom. The molecule has 0 atom stereocenters. The Labute approximate surface area is 65.8 Å². The summed E-state index contributed by atoms with van der Waals surface area (Å²) >= 11 is 0. The van der Waals surface area contributed by atoms with Gasteiger partial charge >= 0.3 is 0 Å². The summed E-state index contributed by atoms with van der Waals surface area (Å²) in [5, 5.41) is 6.45. The molecule has 2 rings (SSSR count). The van der Waals surface area contributed by atoms with Crippen LogP contribution in [-0.2, 0) is 0 Å². The molecule has 0 amide bonds. The molecule has 0 bridgehead atoms. The van der Waals surface area contributed by atoms with Gasteiger partial charge in [0.15, 0.2) is 0 Å². The van der Waals surface area contributed by atoms with Crippen molar-refractivity contribution in [2.24, 2.45) is 0 Å². The molecule has 1 radical (unpaired) electrons. The molecule has 11 heavy (non-hydrogen) atoms. The van der Waals surface area contributed by atoms with E-state index >= 15 is 0 Å². The molecular weight excluding hydrogens is 138 g/mol. The highest BCUT2D eigenvalue weighted by Gasteiger charge is 2.15. The number of hydrogen-bond donors (Lipinski definition) is 2. The highest BCUT2D eigenvalue weighted by Crippen LogP contribution is 2.04. The van der Waals surface area contributed by atoms with E-state index in [9.17, 15) is 0 Å². The molecule has 1 saturated heterocycles. The standard InChI is InChI=1S/C8H10N3/c1-2-4-10-8(3-1)11-7-5-9-6-7/h1-3,7,9H,5-6H2,(H,10,11). The lowest BCUT2D eigenvalue weighted by Crippen LogP contribution is -2.51. The van der Waals surface area contributed by atoms with Gasteiger partial charge in [-0.25, -0.2) is 4.98 Å². The maximum absolute atomic E-state index is 4.04. The monoisotopic (exact) mass is 148 g/mol. The fraction of sp³-hybridized carbons (Fsp3) is 0.375. The fourth-order valence-corrected chi connectivity index (χ4v) is 1.01. The van der Waals surface area contributed by atoms with Gasteiger partial charge in [-0.2, -0.15) is 0 Å². The third-order valence-electron chi connectivity index (χ3n) is 1.74. The first-order valence-corrected chi connectivity index (χ1v) is 3.75. The maximum atomic E-state index is 4.04. The summed E-state index contributed by atoms with van der Waals surface area (Å²) in [6, 6.07) is 6.23. The summed E-state index contributed by atoms with van der Waals surface area (Å²) in [4.78, 5) is 4.04. The van der Waals surface area contributed by atoms with Crippen molar-refractivity contribution in [3.63, 3.8) is 0 Å². The van der Waals surface area contributed by atoms with Crippen LogP contribution in [0.1, 0.15) is 0 Å². The van der Waals surface area contributed by atoms with E-state index in [4.69, 9.17) is 0 Å². The zero-order valence-electron chi connectivity index (χ0n) is 6.17. The summed E-state index contributed by atoms with van der Waals surface area (Å²) in [5.41, 5.74) is 0. The first-order valence-electron chi connectivity index (χ1n) is 3.75. The van der Waals surface area contributed by atoms with Crippen LogP contribution >= 0.6 is 0 Å². The van der Waals surface area contributed by atoms with Crippen LogP contribution in [0.2, 0.25) is 0 Å². The summed E-state index contributed by atoms with van der Waals surface area (Å²) in [7, 11) is 0. The molecule has 3 nitrogen and oxygen atoms in total. The molecule has 0 aliphatic carbocycles. The number of hydrogen-bond acceptors (Lipinski definition) is 3. The minimum Gasteiger partial charge on any atom is -0.365 e. The van der Waals surface area contributed by atoms with Gasteiger partial charge < -0.3 is 10.6 Å². The minimum atomic E-state index is 0.554. The van der Waals surface area contributed by atoms with Crippen LogP contribution in [0.3, 0.4) is 0 Å². The molecule has 1 aliphatic heterocycles. The van der Waals surface area contributed by atoms with Crippen molar-refractivity contribution in [3.8, 4) is 0 Å². The lowest BCUT2D eigenvalue weighted by Gasteiger charge is -2.28. The Kier molecular flexibility index (Phi) is 1.73. The highest BCUT2D eigenvalue weighted by atomic mass is 15.1. The van der Waals surface area contributed by atoms with Gasteiger partial charge in [0.2, 0.25) is 0 Å². The number of rotatable bonds is 2. The molecule has 0 saturated carbocycles. The molecule has 0 aromatic carbocycles. The van der Waals surface area contributed by atoms with Gasteiger partial charge in [0.05, 0.1) is 12.2 Å². The van der Waals surface area contributed by atoms with Crippen molar-refractivity contribution >= 4 is 5.82 Å². The highest BCUT2D eigenvalue weighted by molar-refractivity contribution is 5.35. The van der Waals surface area contributed by atoms with Gasteiger partial charge in [0.1, 0.15) is 5.82 Å². The predicted molar refractivity (Wildman–Crippen MR) is 43.4 cm³/mol. The lowest BCUT2D eigenvalue weighted by atomic mass is 10.2. The van der Waals surface area contributed by atoms with Crippen LogP contribution in [0.4, 0.5) is 5.82 Å². The third-order valence-corrected chi connectivity index (χ3v) is 1.74. The molecule has 1 aliphatic rings. The van der Waals surface area contributed by atoms with Crippen molar-refractivity contribution < 1.29 is 0 Å². The molecule has 2 heterocycles. The number of pyridine rings is 1. The van der Waals surface area contributed by atoms with E-state index in [1.807, 2.05) is 12.1 Å². The van der Waals surface area contributed by atoms with Crippen LogP contribution in [0, 0.1) is 6.20 Å². The van der Waals surface area contributed by atoms with E-state index in [0.717, 1.165) is 18.9 Å². The van der Waals surface area contributed by atoms with Gasteiger partial charge in [-0.1, -0.05) is 6.07 Å². The second-order valence-electron chi connectivity index (χ2n) is 2.65. The summed E-state index contributed by atoms with van der Waals surface area (Å²) in [5.74, 6) is 0.916. The van der Waals surface area contributed by atoms with Gasteiger partial charge in [-0.15, -0.1) is 0 Å². The molecule has 1 fully saturated rings. The topological polar surface area (TPSA) is 37.0 Å². The summed E-state index contributed by atoms with van der Waals surface area (Å²) < 4.78 is 0.